The van der Waals surface area contributed by atoms with Gasteiger partial charge in [-0.3, -0.25) is 4.79 Å². The van der Waals surface area contributed by atoms with Crippen molar-refractivity contribution in [3.05, 3.63) is 58.8 Å². The van der Waals surface area contributed by atoms with Crippen molar-refractivity contribution in [3.63, 3.8) is 0 Å². The molecule has 2 unspecified atom stereocenters. The molecule has 2 aliphatic rings. The van der Waals surface area contributed by atoms with Crippen LogP contribution in [-0.4, -0.2) is 43.9 Å². The first-order valence-corrected chi connectivity index (χ1v) is 12.3. The smallest absolute Gasteiger partial charge is 0.211 e. The van der Waals surface area contributed by atoms with Crippen molar-refractivity contribution in [1.82, 2.24) is 9.62 Å². The fourth-order valence-corrected chi connectivity index (χ4v) is 5.82. The normalized spacial score (nSPS) is 25.9. The Balaban J connectivity index is 2.06. The number of rotatable bonds is 4. The minimum Gasteiger partial charge on any atom is -0.384 e. The standard InChI is InChI=1S/C22H29ClN2O3S/c1-4-15-6-9-20(26)19-14-17(23)7-8-18(19)21(22(15)24-5-2)16-10-12-25(13-11-16)29(3,27)28/h4-5,7-8,14,16,21-22,24H,2,6,9-13H2,1,3H3/b15-4-. The summed E-state index contributed by atoms with van der Waals surface area (Å²) >= 11 is 6.22. The summed E-state index contributed by atoms with van der Waals surface area (Å²) in [5.41, 5.74) is 2.88. The molecule has 29 heavy (non-hydrogen) atoms. The van der Waals surface area contributed by atoms with Crippen molar-refractivity contribution in [3.8, 4) is 0 Å². The van der Waals surface area contributed by atoms with E-state index in [-0.39, 0.29) is 23.7 Å². The van der Waals surface area contributed by atoms with Crippen molar-refractivity contribution >= 4 is 27.4 Å². The Bertz CT molecular complexity index is 918. The zero-order valence-corrected chi connectivity index (χ0v) is 18.6. The van der Waals surface area contributed by atoms with E-state index in [4.69, 9.17) is 11.6 Å². The van der Waals surface area contributed by atoms with Gasteiger partial charge >= 0.3 is 0 Å². The number of benzene rings is 1. The zero-order valence-electron chi connectivity index (χ0n) is 17.0. The summed E-state index contributed by atoms with van der Waals surface area (Å²) in [6.07, 6.45) is 7.70. The van der Waals surface area contributed by atoms with Crippen LogP contribution in [0.25, 0.3) is 0 Å². The molecular weight excluding hydrogens is 408 g/mol. The summed E-state index contributed by atoms with van der Waals surface area (Å²) in [5.74, 6) is 0.390. The molecule has 3 rings (SSSR count). The largest absolute Gasteiger partial charge is 0.384 e. The van der Waals surface area contributed by atoms with Crippen LogP contribution in [0.1, 0.15) is 54.4 Å². The van der Waals surface area contributed by atoms with Gasteiger partial charge < -0.3 is 5.32 Å². The SMILES string of the molecule is C=CNC1/C(=C\C)CCC(=O)c2cc(Cl)ccc2C1C1CCN(S(C)(=O)=O)CC1. The summed E-state index contributed by atoms with van der Waals surface area (Å²) in [6, 6.07) is 5.61. The van der Waals surface area contributed by atoms with Gasteiger partial charge in [0.1, 0.15) is 0 Å². The molecule has 0 bridgehead atoms. The summed E-state index contributed by atoms with van der Waals surface area (Å²) in [6.45, 7) is 6.88. The molecule has 1 N–H and O–H groups in total. The average molecular weight is 437 g/mol. The van der Waals surface area contributed by atoms with E-state index in [1.807, 2.05) is 19.1 Å². The van der Waals surface area contributed by atoms with Gasteiger partial charge in [0.05, 0.1) is 12.3 Å². The van der Waals surface area contributed by atoms with Gasteiger partial charge in [0.15, 0.2) is 5.78 Å². The lowest BCUT2D eigenvalue weighted by molar-refractivity contribution is 0.0976. The number of sulfonamides is 1. The first-order valence-electron chi connectivity index (χ1n) is 10.1. The first kappa shape index (κ1) is 22.1. The van der Waals surface area contributed by atoms with Crippen LogP contribution in [0.3, 0.4) is 0 Å². The van der Waals surface area contributed by atoms with Gasteiger partial charge in [-0.25, -0.2) is 12.7 Å². The lowest BCUT2D eigenvalue weighted by Crippen LogP contribution is -2.44. The maximum atomic E-state index is 12.9. The van der Waals surface area contributed by atoms with Crippen molar-refractivity contribution in [2.45, 2.75) is 44.6 Å². The highest BCUT2D eigenvalue weighted by atomic mass is 35.5. The van der Waals surface area contributed by atoms with E-state index >= 15 is 0 Å². The molecule has 1 fully saturated rings. The Morgan fingerprint density at radius 3 is 2.52 bits per heavy atom. The molecule has 1 aliphatic carbocycles. The third-order valence-corrected chi connectivity index (χ3v) is 7.76. The fourth-order valence-electron chi connectivity index (χ4n) is 4.77. The fraction of sp³-hybridized carbons (Fsp3) is 0.500. The molecular formula is C22H29ClN2O3S. The number of fused-ring (bicyclic) bond motifs is 1. The minimum absolute atomic E-state index is 0.0142. The van der Waals surface area contributed by atoms with Crippen molar-refractivity contribution < 1.29 is 13.2 Å². The molecule has 0 amide bonds. The predicted molar refractivity (Wildman–Crippen MR) is 118 cm³/mol. The lowest BCUT2D eigenvalue weighted by atomic mass is 9.70. The monoisotopic (exact) mass is 436 g/mol. The Kier molecular flexibility index (Phi) is 6.87. The Morgan fingerprint density at radius 1 is 1.24 bits per heavy atom. The predicted octanol–water partition coefficient (Wildman–Crippen LogP) is 4.12. The van der Waals surface area contributed by atoms with Gasteiger partial charge in [-0.2, -0.15) is 0 Å². The number of piperidine rings is 1. The summed E-state index contributed by atoms with van der Waals surface area (Å²) in [7, 11) is -3.19. The van der Waals surface area contributed by atoms with Gasteiger partial charge in [-0.15, -0.1) is 0 Å². The molecule has 0 aromatic heterocycles. The van der Waals surface area contributed by atoms with E-state index in [0.29, 0.717) is 36.5 Å². The van der Waals surface area contributed by atoms with Crippen LogP contribution in [0.5, 0.6) is 0 Å². The number of hydrogen-bond donors (Lipinski definition) is 1. The summed E-state index contributed by atoms with van der Waals surface area (Å²) < 4.78 is 25.4. The van der Waals surface area contributed by atoms with Crippen LogP contribution in [0.2, 0.25) is 5.02 Å². The van der Waals surface area contributed by atoms with Crippen molar-refractivity contribution in [1.29, 1.82) is 0 Å². The van der Waals surface area contributed by atoms with Crippen LogP contribution in [0, 0.1) is 5.92 Å². The van der Waals surface area contributed by atoms with Gasteiger partial charge in [-0.05, 0) is 56.0 Å². The van der Waals surface area contributed by atoms with Crippen LogP contribution in [-0.2, 0) is 10.0 Å². The topological polar surface area (TPSA) is 66.5 Å². The van der Waals surface area contributed by atoms with Crippen molar-refractivity contribution in [2.24, 2.45) is 5.92 Å². The number of allylic oxidation sites excluding steroid dienone is 1. The van der Waals surface area contributed by atoms with Crippen LogP contribution < -0.4 is 5.32 Å². The Hall–Kier alpha value is -1.63. The average Bonchev–Trinajstić information content (AvgIpc) is 2.68. The first-order chi connectivity index (χ1) is 13.8. The summed E-state index contributed by atoms with van der Waals surface area (Å²) in [5, 5.41) is 3.99. The molecule has 0 saturated carbocycles. The van der Waals surface area contributed by atoms with Gasteiger partial charge in [0, 0.05) is 36.0 Å². The molecule has 1 heterocycles. The molecule has 1 saturated heterocycles. The molecule has 0 radical (unpaired) electrons. The molecule has 2 atom stereocenters. The van der Waals surface area contributed by atoms with E-state index in [1.54, 1.807) is 16.6 Å². The molecule has 1 aromatic rings. The van der Waals surface area contributed by atoms with Crippen molar-refractivity contribution in [2.75, 3.05) is 19.3 Å². The second-order valence-electron chi connectivity index (χ2n) is 7.89. The number of Topliss-reactive ketones (excluding diaryl/α,β-unsaturated/α-hetero) is 1. The minimum atomic E-state index is -3.19. The molecule has 0 spiro atoms. The number of halogens is 1. The van der Waals surface area contributed by atoms with Gasteiger partial charge in [-0.1, -0.05) is 35.9 Å². The number of ketones is 1. The molecule has 1 aromatic carbocycles. The lowest BCUT2D eigenvalue weighted by Gasteiger charge is -2.41. The third kappa shape index (κ3) is 4.76. The quantitative estimate of drug-likeness (QED) is 0.721. The van der Waals surface area contributed by atoms with E-state index in [0.717, 1.165) is 18.4 Å². The number of nitrogens with one attached hydrogen (secondary N) is 1. The highest BCUT2D eigenvalue weighted by Crippen LogP contribution is 2.42. The third-order valence-electron chi connectivity index (χ3n) is 6.22. The number of carbonyl (C=O) groups is 1. The van der Waals surface area contributed by atoms with Crippen LogP contribution in [0.15, 0.2) is 42.6 Å². The second kappa shape index (κ2) is 9.02. The highest BCUT2D eigenvalue weighted by molar-refractivity contribution is 7.88. The van der Waals surface area contributed by atoms with E-state index in [9.17, 15) is 13.2 Å². The van der Waals surface area contributed by atoms with Crippen LogP contribution >= 0.6 is 11.6 Å². The zero-order chi connectivity index (χ0) is 21.2. The van der Waals surface area contributed by atoms with E-state index in [1.165, 1.54) is 11.8 Å². The molecule has 158 valence electrons. The highest BCUT2D eigenvalue weighted by Gasteiger charge is 2.39. The molecule has 7 heteroatoms. The second-order valence-corrected chi connectivity index (χ2v) is 10.3. The summed E-state index contributed by atoms with van der Waals surface area (Å²) in [4.78, 5) is 12.9. The maximum Gasteiger partial charge on any atom is 0.211 e. The van der Waals surface area contributed by atoms with Gasteiger partial charge in [0.2, 0.25) is 10.0 Å². The number of carbonyl (C=O) groups excluding carboxylic acids is 1. The molecule has 1 aliphatic heterocycles. The Morgan fingerprint density at radius 2 is 1.93 bits per heavy atom. The van der Waals surface area contributed by atoms with Gasteiger partial charge in [0.25, 0.3) is 0 Å². The maximum absolute atomic E-state index is 12.9. The number of nitrogens with zero attached hydrogens (tertiary/aromatic N) is 1. The number of hydrogen-bond acceptors (Lipinski definition) is 4. The van der Waals surface area contributed by atoms with E-state index < -0.39 is 10.0 Å². The Labute approximate surface area is 178 Å². The molecule has 5 nitrogen and oxygen atoms in total. The van der Waals surface area contributed by atoms with E-state index in [2.05, 4.69) is 18.0 Å². The van der Waals surface area contributed by atoms with Crippen LogP contribution in [0.4, 0.5) is 0 Å².